The van der Waals surface area contributed by atoms with Gasteiger partial charge in [-0.2, -0.15) is 0 Å². The molecule has 4 atom stereocenters. The number of ether oxygens (including phenoxy) is 1. The topological polar surface area (TPSA) is 55.4 Å². The van der Waals surface area contributed by atoms with E-state index in [-0.39, 0.29) is 17.3 Å². The van der Waals surface area contributed by atoms with E-state index in [2.05, 4.69) is 19.2 Å². The Morgan fingerprint density at radius 2 is 2.17 bits per heavy atom. The van der Waals surface area contributed by atoms with Gasteiger partial charge in [0.2, 0.25) is 5.91 Å². The zero-order valence-electron chi connectivity index (χ0n) is 11.5. The van der Waals surface area contributed by atoms with Crippen molar-refractivity contribution in [2.24, 2.45) is 17.3 Å². The first kappa shape index (κ1) is 13.4. The van der Waals surface area contributed by atoms with E-state index in [9.17, 15) is 9.59 Å². The third-order valence-electron chi connectivity index (χ3n) is 4.69. The molecule has 2 rings (SSSR count). The summed E-state index contributed by atoms with van der Waals surface area (Å²) in [4.78, 5) is 23.8. The number of amides is 1. The van der Waals surface area contributed by atoms with Gasteiger partial charge in [-0.1, -0.05) is 20.3 Å². The molecule has 18 heavy (non-hydrogen) atoms. The van der Waals surface area contributed by atoms with Crippen LogP contribution in [0.25, 0.3) is 0 Å². The molecular weight excluding hydrogens is 230 g/mol. The van der Waals surface area contributed by atoms with Crippen LogP contribution >= 0.6 is 0 Å². The first-order valence-electron chi connectivity index (χ1n) is 6.95. The van der Waals surface area contributed by atoms with E-state index < -0.39 is 6.04 Å². The molecule has 0 aromatic carbocycles. The fraction of sp³-hybridized carbons (Fsp3) is 0.857. The molecule has 4 unspecified atom stereocenters. The first-order valence-corrected chi connectivity index (χ1v) is 6.95. The molecule has 2 aliphatic rings. The van der Waals surface area contributed by atoms with Gasteiger partial charge >= 0.3 is 5.97 Å². The predicted octanol–water partition coefficient (Wildman–Crippen LogP) is 1.88. The summed E-state index contributed by atoms with van der Waals surface area (Å²) in [5, 5.41) is 2.84. The molecule has 1 saturated carbocycles. The Bertz CT molecular complexity index is 355. The van der Waals surface area contributed by atoms with Crippen molar-refractivity contribution in [3.8, 4) is 0 Å². The lowest BCUT2D eigenvalue weighted by atomic mass is 9.60. The Morgan fingerprint density at radius 1 is 1.44 bits per heavy atom. The maximum Gasteiger partial charge on any atom is 0.329 e. The molecule has 0 bridgehead atoms. The number of carbonyl (C=O) groups is 2. The van der Waals surface area contributed by atoms with Crippen LogP contribution in [-0.4, -0.2) is 24.5 Å². The number of hydrogen-bond acceptors (Lipinski definition) is 3. The van der Waals surface area contributed by atoms with Gasteiger partial charge in [-0.15, -0.1) is 0 Å². The largest absolute Gasteiger partial charge is 0.464 e. The molecule has 1 saturated heterocycles. The van der Waals surface area contributed by atoms with Crippen LogP contribution < -0.4 is 5.32 Å². The Hall–Kier alpha value is -1.06. The van der Waals surface area contributed by atoms with Crippen molar-refractivity contribution in [3.63, 3.8) is 0 Å². The molecule has 4 heteroatoms. The van der Waals surface area contributed by atoms with E-state index >= 15 is 0 Å². The van der Waals surface area contributed by atoms with E-state index in [4.69, 9.17) is 4.74 Å². The highest BCUT2D eigenvalue weighted by atomic mass is 16.5. The van der Waals surface area contributed by atoms with Crippen molar-refractivity contribution < 1.29 is 14.3 Å². The molecule has 1 heterocycles. The Morgan fingerprint density at radius 3 is 2.83 bits per heavy atom. The van der Waals surface area contributed by atoms with Gasteiger partial charge < -0.3 is 10.1 Å². The van der Waals surface area contributed by atoms with E-state index in [0.717, 1.165) is 12.8 Å². The van der Waals surface area contributed by atoms with Crippen LogP contribution in [0.3, 0.4) is 0 Å². The molecule has 1 amide bonds. The van der Waals surface area contributed by atoms with E-state index in [1.807, 2.05) is 0 Å². The fourth-order valence-electron chi connectivity index (χ4n) is 3.70. The number of hydrogen-bond donors (Lipinski definition) is 1. The second-order valence-corrected chi connectivity index (χ2v) is 5.95. The van der Waals surface area contributed by atoms with Crippen LogP contribution in [0.4, 0.5) is 0 Å². The van der Waals surface area contributed by atoms with E-state index in [1.54, 1.807) is 6.92 Å². The Labute approximate surface area is 108 Å². The van der Waals surface area contributed by atoms with Crippen LogP contribution in [-0.2, 0) is 14.3 Å². The molecular formula is C14H23NO3. The summed E-state index contributed by atoms with van der Waals surface area (Å²) >= 11 is 0. The lowest BCUT2D eigenvalue weighted by Gasteiger charge is -2.44. The van der Waals surface area contributed by atoms with Gasteiger partial charge in [0.05, 0.1) is 6.61 Å². The Kier molecular flexibility index (Phi) is 3.64. The first-order chi connectivity index (χ1) is 8.49. The van der Waals surface area contributed by atoms with Crippen molar-refractivity contribution >= 4 is 11.9 Å². The van der Waals surface area contributed by atoms with Crippen LogP contribution in [0, 0.1) is 17.3 Å². The Balaban J connectivity index is 2.26. The number of carbonyl (C=O) groups excluding carboxylic acids is 2. The lowest BCUT2D eigenvalue weighted by molar-refractivity contribution is -0.150. The van der Waals surface area contributed by atoms with Crippen molar-refractivity contribution in [2.45, 2.75) is 52.5 Å². The smallest absolute Gasteiger partial charge is 0.329 e. The SMILES string of the molecule is CCOC(=O)C1NC(=O)CC12CC(C)CCC2C. The molecule has 0 aromatic heterocycles. The molecule has 1 aliphatic heterocycles. The van der Waals surface area contributed by atoms with Crippen LogP contribution in [0.2, 0.25) is 0 Å². The summed E-state index contributed by atoms with van der Waals surface area (Å²) in [6, 6.07) is -0.442. The van der Waals surface area contributed by atoms with Crippen molar-refractivity contribution in [3.05, 3.63) is 0 Å². The summed E-state index contributed by atoms with van der Waals surface area (Å²) in [5.74, 6) is 0.700. The predicted molar refractivity (Wildman–Crippen MR) is 67.8 cm³/mol. The molecule has 4 nitrogen and oxygen atoms in total. The second-order valence-electron chi connectivity index (χ2n) is 5.95. The minimum atomic E-state index is -0.442. The highest BCUT2D eigenvalue weighted by molar-refractivity contribution is 5.90. The third kappa shape index (κ3) is 2.13. The summed E-state index contributed by atoms with van der Waals surface area (Å²) < 4.78 is 5.13. The van der Waals surface area contributed by atoms with Gasteiger partial charge in [0.1, 0.15) is 6.04 Å². The monoisotopic (exact) mass is 253 g/mol. The van der Waals surface area contributed by atoms with Gasteiger partial charge in [-0.05, 0) is 31.6 Å². The summed E-state index contributed by atoms with van der Waals surface area (Å²) in [5.41, 5.74) is -0.221. The minimum Gasteiger partial charge on any atom is -0.464 e. The minimum absolute atomic E-state index is 0.00555. The lowest BCUT2D eigenvalue weighted by Crippen LogP contribution is -2.50. The standard InChI is InChI=1S/C14H23NO3/c1-4-18-13(17)12-14(8-11(16)15-12)7-9(2)5-6-10(14)3/h9-10,12H,4-8H2,1-3H3,(H,15,16). The maximum absolute atomic E-state index is 12.1. The summed E-state index contributed by atoms with van der Waals surface area (Å²) in [6.07, 6.45) is 3.69. The van der Waals surface area contributed by atoms with Gasteiger partial charge in [-0.3, -0.25) is 4.79 Å². The van der Waals surface area contributed by atoms with Crippen molar-refractivity contribution in [1.82, 2.24) is 5.32 Å². The van der Waals surface area contributed by atoms with Crippen molar-refractivity contribution in [1.29, 1.82) is 0 Å². The van der Waals surface area contributed by atoms with E-state index in [0.29, 0.717) is 24.9 Å². The highest BCUT2D eigenvalue weighted by Gasteiger charge is 2.55. The van der Waals surface area contributed by atoms with Gasteiger partial charge in [0, 0.05) is 11.8 Å². The molecule has 102 valence electrons. The number of esters is 1. The summed E-state index contributed by atoms with van der Waals surface area (Å²) in [6.45, 7) is 6.54. The molecule has 1 aliphatic carbocycles. The quantitative estimate of drug-likeness (QED) is 0.764. The molecule has 0 radical (unpaired) electrons. The summed E-state index contributed by atoms with van der Waals surface area (Å²) in [7, 11) is 0. The number of nitrogens with one attached hydrogen (secondary N) is 1. The van der Waals surface area contributed by atoms with Crippen LogP contribution in [0.5, 0.6) is 0 Å². The fourth-order valence-corrected chi connectivity index (χ4v) is 3.70. The van der Waals surface area contributed by atoms with Crippen molar-refractivity contribution in [2.75, 3.05) is 6.61 Å². The zero-order chi connectivity index (χ0) is 13.3. The average molecular weight is 253 g/mol. The third-order valence-corrected chi connectivity index (χ3v) is 4.69. The highest BCUT2D eigenvalue weighted by Crippen LogP contribution is 2.51. The van der Waals surface area contributed by atoms with Crippen LogP contribution in [0.15, 0.2) is 0 Å². The van der Waals surface area contributed by atoms with Gasteiger partial charge in [-0.25, -0.2) is 4.79 Å². The van der Waals surface area contributed by atoms with Gasteiger partial charge in [0.25, 0.3) is 0 Å². The average Bonchev–Trinajstić information content (AvgIpc) is 2.63. The molecule has 1 spiro atoms. The van der Waals surface area contributed by atoms with Gasteiger partial charge in [0.15, 0.2) is 0 Å². The van der Waals surface area contributed by atoms with Crippen LogP contribution in [0.1, 0.15) is 46.5 Å². The number of rotatable bonds is 2. The maximum atomic E-state index is 12.1. The molecule has 2 fully saturated rings. The molecule has 1 N–H and O–H groups in total. The molecule has 0 aromatic rings. The normalized spacial score (nSPS) is 39.7. The zero-order valence-corrected chi connectivity index (χ0v) is 11.5. The second kappa shape index (κ2) is 4.90. The van der Waals surface area contributed by atoms with E-state index in [1.165, 1.54) is 6.42 Å².